The first kappa shape index (κ1) is 17.3. The first-order valence-corrected chi connectivity index (χ1v) is 8.48. The Kier molecular flexibility index (Phi) is 5.24. The molecule has 0 unspecified atom stereocenters. The van der Waals surface area contributed by atoms with Crippen molar-refractivity contribution in [1.82, 2.24) is 4.90 Å². The van der Waals surface area contributed by atoms with Gasteiger partial charge in [-0.25, -0.2) is 0 Å². The van der Waals surface area contributed by atoms with E-state index in [1.165, 1.54) is 0 Å². The van der Waals surface area contributed by atoms with Crippen molar-refractivity contribution in [2.75, 3.05) is 19.0 Å². The summed E-state index contributed by atoms with van der Waals surface area (Å²) in [6.45, 7) is 0.564. The second-order valence-electron chi connectivity index (χ2n) is 5.88. The monoisotopic (exact) mass is 358 g/mol. The lowest BCUT2D eigenvalue weighted by Crippen LogP contribution is -2.43. The molecule has 0 aliphatic carbocycles. The van der Waals surface area contributed by atoms with Crippen molar-refractivity contribution >= 4 is 29.1 Å². The largest absolute Gasteiger partial charge is 0.497 e. The number of nitrogens with zero attached hydrogens (tertiary/aromatic N) is 1. The zero-order chi connectivity index (χ0) is 17.8. The molecule has 2 aromatic rings. The molecule has 0 bridgehead atoms. The number of nitrogens with one attached hydrogen (secondary N) is 1. The molecule has 0 radical (unpaired) electrons. The van der Waals surface area contributed by atoms with Gasteiger partial charge in [0.2, 0.25) is 5.91 Å². The predicted molar refractivity (Wildman–Crippen MR) is 97.1 cm³/mol. The number of hydrogen-bond acceptors (Lipinski definition) is 3. The average Bonchev–Trinajstić information content (AvgIpc) is 3.13. The minimum absolute atomic E-state index is 0.160. The maximum absolute atomic E-state index is 12.8. The van der Waals surface area contributed by atoms with Gasteiger partial charge in [-0.2, -0.15) is 0 Å². The van der Waals surface area contributed by atoms with Gasteiger partial charge >= 0.3 is 0 Å². The molecular weight excluding hydrogens is 340 g/mol. The van der Waals surface area contributed by atoms with Crippen LogP contribution in [-0.4, -0.2) is 36.4 Å². The summed E-state index contributed by atoms with van der Waals surface area (Å²) in [6.07, 6.45) is 1.45. The van der Waals surface area contributed by atoms with E-state index in [9.17, 15) is 9.59 Å². The fourth-order valence-corrected chi connectivity index (χ4v) is 3.09. The topological polar surface area (TPSA) is 58.6 Å². The van der Waals surface area contributed by atoms with Crippen molar-refractivity contribution in [2.24, 2.45) is 0 Å². The van der Waals surface area contributed by atoms with Gasteiger partial charge in [-0.15, -0.1) is 0 Å². The van der Waals surface area contributed by atoms with Gasteiger partial charge in [0.25, 0.3) is 5.91 Å². The number of carbonyl (C=O) groups is 2. The molecule has 6 heteroatoms. The van der Waals surface area contributed by atoms with Gasteiger partial charge in [0.15, 0.2) is 0 Å². The lowest BCUT2D eigenvalue weighted by atomic mass is 10.1. The summed E-state index contributed by atoms with van der Waals surface area (Å²) in [4.78, 5) is 27.0. The van der Waals surface area contributed by atoms with Gasteiger partial charge in [0.05, 0.1) is 7.11 Å². The summed E-state index contributed by atoms with van der Waals surface area (Å²) in [5.41, 5.74) is 1.18. The number of benzene rings is 2. The number of carbonyl (C=O) groups excluding carboxylic acids is 2. The van der Waals surface area contributed by atoms with Crippen LogP contribution in [0.2, 0.25) is 5.02 Å². The molecule has 1 N–H and O–H groups in total. The average molecular weight is 359 g/mol. The van der Waals surface area contributed by atoms with E-state index in [-0.39, 0.29) is 11.8 Å². The zero-order valence-electron chi connectivity index (χ0n) is 13.9. The molecule has 3 rings (SSSR count). The van der Waals surface area contributed by atoms with Crippen LogP contribution >= 0.6 is 11.6 Å². The van der Waals surface area contributed by atoms with Gasteiger partial charge in [-0.3, -0.25) is 9.59 Å². The highest BCUT2D eigenvalue weighted by Gasteiger charge is 2.34. The molecule has 0 spiro atoms. The van der Waals surface area contributed by atoms with E-state index in [1.807, 2.05) is 0 Å². The summed E-state index contributed by atoms with van der Waals surface area (Å²) in [6, 6.07) is 13.4. The van der Waals surface area contributed by atoms with Crippen LogP contribution in [0.25, 0.3) is 0 Å². The van der Waals surface area contributed by atoms with Crippen LogP contribution in [0.4, 0.5) is 5.69 Å². The van der Waals surface area contributed by atoms with Gasteiger partial charge in [-0.05, 0) is 55.3 Å². The smallest absolute Gasteiger partial charge is 0.254 e. The summed E-state index contributed by atoms with van der Waals surface area (Å²) >= 11 is 5.86. The Hall–Kier alpha value is -2.53. The van der Waals surface area contributed by atoms with E-state index in [1.54, 1.807) is 60.5 Å². The minimum atomic E-state index is -0.477. The highest BCUT2D eigenvalue weighted by Crippen LogP contribution is 2.23. The molecule has 1 atom stereocenters. The fourth-order valence-electron chi connectivity index (χ4n) is 2.96. The van der Waals surface area contributed by atoms with E-state index >= 15 is 0 Å². The highest BCUT2D eigenvalue weighted by molar-refractivity contribution is 6.30. The Morgan fingerprint density at radius 2 is 1.96 bits per heavy atom. The summed E-state index contributed by atoms with van der Waals surface area (Å²) < 4.78 is 5.17. The van der Waals surface area contributed by atoms with Gasteiger partial charge in [0, 0.05) is 22.8 Å². The van der Waals surface area contributed by atoms with Crippen molar-refractivity contribution in [3.63, 3.8) is 0 Å². The number of anilines is 1. The van der Waals surface area contributed by atoms with Crippen molar-refractivity contribution in [1.29, 1.82) is 0 Å². The molecule has 1 aliphatic rings. The third kappa shape index (κ3) is 3.94. The lowest BCUT2D eigenvalue weighted by Gasteiger charge is -2.24. The lowest BCUT2D eigenvalue weighted by molar-refractivity contribution is -0.119. The summed E-state index contributed by atoms with van der Waals surface area (Å²) in [5, 5.41) is 3.46. The van der Waals surface area contributed by atoms with E-state index in [4.69, 9.17) is 16.3 Å². The van der Waals surface area contributed by atoms with Crippen LogP contribution in [0.1, 0.15) is 23.2 Å². The van der Waals surface area contributed by atoms with Crippen molar-refractivity contribution < 1.29 is 14.3 Å². The number of amides is 2. The summed E-state index contributed by atoms with van der Waals surface area (Å²) in [7, 11) is 1.56. The standard InChI is InChI=1S/C19H19ClN2O3/c1-25-16-5-2-4-13(12-16)19(24)22-11-3-6-17(22)18(23)21-15-9-7-14(20)8-10-15/h2,4-5,7-10,12,17H,3,6,11H2,1H3,(H,21,23)/t17-/m0/s1. The van der Waals surface area contributed by atoms with Gasteiger partial charge in [-0.1, -0.05) is 17.7 Å². The Balaban J connectivity index is 1.73. The maximum atomic E-state index is 12.8. The van der Waals surface area contributed by atoms with Crippen LogP contribution in [-0.2, 0) is 4.79 Å². The Morgan fingerprint density at radius 3 is 2.68 bits per heavy atom. The third-order valence-corrected chi connectivity index (χ3v) is 4.50. The predicted octanol–water partition coefficient (Wildman–Crippen LogP) is 3.59. The summed E-state index contributed by atoms with van der Waals surface area (Å²) in [5.74, 6) is 0.274. The molecule has 2 amide bonds. The number of halogens is 1. The quantitative estimate of drug-likeness (QED) is 0.908. The second-order valence-corrected chi connectivity index (χ2v) is 6.32. The second kappa shape index (κ2) is 7.57. The molecule has 1 heterocycles. The first-order chi connectivity index (χ1) is 12.1. The number of rotatable bonds is 4. The van der Waals surface area contributed by atoms with Crippen molar-refractivity contribution in [3.8, 4) is 5.75 Å². The maximum Gasteiger partial charge on any atom is 0.254 e. The molecule has 25 heavy (non-hydrogen) atoms. The number of likely N-dealkylation sites (tertiary alicyclic amines) is 1. The molecule has 130 valence electrons. The van der Waals surface area contributed by atoms with Crippen LogP contribution in [0, 0.1) is 0 Å². The van der Waals surface area contributed by atoms with Crippen LogP contribution in [0.15, 0.2) is 48.5 Å². The van der Waals surface area contributed by atoms with Crippen LogP contribution in [0.5, 0.6) is 5.75 Å². The molecule has 0 aromatic heterocycles. The Bertz CT molecular complexity index is 776. The van der Waals surface area contributed by atoms with Gasteiger partial charge < -0.3 is 15.0 Å². The normalized spacial score (nSPS) is 16.6. The van der Waals surface area contributed by atoms with Crippen molar-refractivity contribution in [2.45, 2.75) is 18.9 Å². The Morgan fingerprint density at radius 1 is 1.20 bits per heavy atom. The van der Waals surface area contributed by atoms with Gasteiger partial charge in [0.1, 0.15) is 11.8 Å². The number of methoxy groups -OCH3 is 1. The highest BCUT2D eigenvalue weighted by atomic mass is 35.5. The molecule has 1 saturated heterocycles. The molecule has 1 aliphatic heterocycles. The van der Waals surface area contributed by atoms with Crippen LogP contribution in [0.3, 0.4) is 0 Å². The first-order valence-electron chi connectivity index (χ1n) is 8.10. The molecule has 5 nitrogen and oxygen atoms in total. The van der Waals surface area contributed by atoms with E-state index in [0.717, 1.165) is 6.42 Å². The van der Waals surface area contributed by atoms with Crippen LogP contribution < -0.4 is 10.1 Å². The third-order valence-electron chi connectivity index (χ3n) is 4.24. The minimum Gasteiger partial charge on any atom is -0.497 e. The Labute approximate surface area is 151 Å². The SMILES string of the molecule is COc1cccc(C(=O)N2CCC[C@H]2C(=O)Nc2ccc(Cl)cc2)c1. The van der Waals surface area contributed by atoms with E-state index < -0.39 is 6.04 Å². The number of hydrogen-bond donors (Lipinski definition) is 1. The number of ether oxygens (including phenoxy) is 1. The molecule has 0 saturated carbocycles. The molecule has 1 fully saturated rings. The molecular formula is C19H19ClN2O3. The van der Waals surface area contributed by atoms with E-state index in [2.05, 4.69) is 5.32 Å². The van der Waals surface area contributed by atoms with Crippen molar-refractivity contribution in [3.05, 3.63) is 59.1 Å². The fraction of sp³-hybridized carbons (Fsp3) is 0.263. The molecule has 2 aromatic carbocycles. The zero-order valence-corrected chi connectivity index (χ0v) is 14.6. The van der Waals surface area contributed by atoms with E-state index in [0.29, 0.717) is 35.0 Å².